The molecule has 2 unspecified atom stereocenters. The number of hydrogen-bond donors (Lipinski definition) is 3. The van der Waals surface area contributed by atoms with Gasteiger partial charge in [0, 0.05) is 17.5 Å². The van der Waals surface area contributed by atoms with Crippen LogP contribution >= 0.6 is 23.1 Å². The third-order valence-corrected chi connectivity index (χ3v) is 7.10. The fraction of sp³-hybridized carbons (Fsp3) is 0.381. The van der Waals surface area contributed by atoms with Crippen LogP contribution in [0.4, 0.5) is 5.13 Å². The molecule has 0 amide bonds. The van der Waals surface area contributed by atoms with Crippen LogP contribution in [-0.2, 0) is 6.42 Å². The maximum Gasteiger partial charge on any atom is 0.184 e. The fourth-order valence-electron chi connectivity index (χ4n) is 3.90. The van der Waals surface area contributed by atoms with Crippen LogP contribution in [0.15, 0.2) is 35.4 Å². The van der Waals surface area contributed by atoms with Gasteiger partial charge < -0.3 is 15.4 Å². The third kappa shape index (κ3) is 3.97. The van der Waals surface area contributed by atoms with E-state index in [0.717, 1.165) is 69.3 Å². The zero-order valence-corrected chi connectivity index (χ0v) is 17.8. The highest BCUT2D eigenvalue weighted by Crippen LogP contribution is 2.30. The quantitative estimate of drug-likeness (QED) is 0.405. The molecule has 5 rings (SSSR count). The molecule has 150 valence electrons. The van der Waals surface area contributed by atoms with Gasteiger partial charge in [0.2, 0.25) is 0 Å². The number of pyridine rings is 1. The van der Waals surface area contributed by atoms with E-state index in [1.54, 1.807) is 23.1 Å². The fourth-order valence-corrected chi connectivity index (χ4v) is 5.28. The van der Waals surface area contributed by atoms with Crippen molar-refractivity contribution in [1.29, 1.82) is 0 Å². The Balaban J connectivity index is 1.35. The molecule has 29 heavy (non-hydrogen) atoms. The average Bonchev–Trinajstić information content (AvgIpc) is 3.31. The molecule has 1 saturated carbocycles. The first-order chi connectivity index (χ1) is 14.2. The van der Waals surface area contributed by atoms with Gasteiger partial charge in [-0.05, 0) is 42.9 Å². The largest absolute Gasteiger partial charge is 0.391 e. The highest BCUT2D eigenvalue weighted by molar-refractivity contribution is 7.98. The highest BCUT2D eigenvalue weighted by atomic mass is 32.2. The molecule has 0 spiro atoms. The molecule has 1 fully saturated rings. The molecule has 1 aliphatic carbocycles. The number of thiazole rings is 1. The van der Waals surface area contributed by atoms with Crippen LogP contribution in [0.5, 0.6) is 0 Å². The van der Waals surface area contributed by atoms with E-state index in [1.165, 1.54) is 5.56 Å². The number of benzene rings is 1. The molecule has 0 saturated heterocycles. The number of anilines is 1. The summed E-state index contributed by atoms with van der Waals surface area (Å²) >= 11 is 3.32. The highest BCUT2D eigenvalue weighted by Gasteiger charge is 2.23. The van der Waals surface area contributed by atoms with Crippen LogP contribution in [0, 0.1) is 0 Å². The van der Waals surface area contributed by atoms with E-state index in [2.05, 4.69) is 44.5 Å². The Hall–Kier alpha value is -2.16. The van der Waals surface area contributed by atoms with E-state index in [9.17, 15) is 5.11 Å². The zero-order chi connectivity index (χ0) is 19.8. The molecule has 8 heteroatoms. The van der Waals surface area contributed by atoms with Crippen LogP contribution in [0.2, 0.25) is 0 Å². The van der Waals surface area contributed by atoms with E-state index in [0.29, 0.717) is 0 Å². The molecule has 4 aromatic rings. The number of aromatic nitrogens is 4. The van der Waals surface area contributed by atoms with Gasteiger partial charge in [-0.15, -0.1) is 11.8 Å². The van der Waals surface area contributed by atoms with Crippen molar-refractivity contribution in [2.24, 2.45) is 0 Å². The second kappa shape index (κ2) is 7.93. The number of rotatable bonds is 5. The van der Waals surface area contributed by atoms with Crippen molar-refractivity contribution in [3.8, 4) is 0 Å². The number of thioether (sulfide) groups is 1. The van der Waals surface area contributed by atoms with Crippen molar-refractivity contribution >= 4 is 49.6 Å². The summed E-state index contributed by atoms with van der Waals surface area (Å²) in [5.41, 5.74) is 3.91. The van der Waals surface area contributed by atoms with Crippen molar-refractivity contribution in [2.75, 3.05) is 11.6 Å². The average molecular weight is 426 g/mol. The molecule has 6 nitrogen and oxygen atoms in total. The number of hydrogen-bond acceptors (Lipinski definition) is 7. The minimum absolute atomic E-state index is 0.109. The number of aliphatic hydroxyl groups excluding tert-OH is 1. The summed E-state index contributed by atoms with van der Waals surface area (Å²) in [4.78, 5) is 18.3. The standard InChI is InChI=1S/C21H23N5OS2/c1-28-13-10-16-20(22-11-13)26-19(23-16)9-12-6-7-15-18(8-12)29-21(25-15)24-14-4-2-3-5-17(14)27/h6-8,10-11,14,17,27H,2-5,9H2,1H3,(H,24,25)(H,22,23,26). The van der Waals surface area contributed by atoms with Crippen LogP contribution in [0.3, 0.4) is 0 Å². The van der Waals surface area contributed by atoms with Gasteiger partial charge in [-0.1, -0.05) is 30.2 Å². The topological polar surface area (TPSA) is 86.7 Å². The molecular formula is C21H23N5OS2. The molecule has 0 aliphatic heterocycles. The lowest BCUT2D eigenvalue weighted by Gasteiger charge is -2.27. The number of aliphatic hydroxyl groups is 1. The van der Waals surface area contributed by atoms with Crippen LogP contribution in [0.25, 0.3) is 21.4 Å². The molecule has 3 aromatic heterocycles. The van der Waals surface area contributed by atoms with Crippen molar-refractivity contribution < 1.29 is 5.11 Å². The Kier molecular flexibility index (Phi) is 5.15. The van der Waals surface area contributed by atoms with Gasteiger partial charge in [-0.25, -0.2) is 15.0 Å². The summed E-state index contributed by atoms with van der Waals surface area (Å²) in [6.45, 7) is 0. The summed E-state index contributed by atoms with van der Waals surface area (Å²) in [5.74, 6) is 0.915. The predicted molar refractivity (Wildman–Crippen MR) is 120 cm³/mol. The molecule has 1 aliphatic rings. The monoisotopic (exact) mass is 425 g/mol. The minimum atomic E-state index is -0.278. The Morgan fingerprint density at radius 1 is 1.24 bits per heavy atom. The lowest BCUT2D eigenvalue weighted by molar-refractivity contribution is 0.116. The molecule has 3 heterocycles. The van der Waals surface area contributed by atoms with Crippen molar-refractivity contribution in [1.82, 2.24) is 19.9 Å². The number of H-pyrrole nitrogens is 1. The van der Waals surface area contributed by atoms with Crippen molar-refractivity contribution in [3.63, 3.8) is 0 Å². The van der Waals surface area contributed by atoms with Crippen LogP contribution in [0.1, 0.15) is 37.1 Å². The molecule has 0 bridgehead atoms. The van der Waals surface area contributed by atoms with E-state index in [-0.39, 0.29) is 12.1 Å². The Labute approximate surface area is 177 Å². The summed E-state index contributed by atoms with van der Waals surface area (Å²) in [6, 6.07) is 8.56. The van der Waals surface area contributed by atoms with Crippen molar-refractivity contribution in [3.05, 3.63) is 41.9 Å². The van der Waals surface area contributed by atoms with Crippen LogP contribution < -0.4 is 5.32 Å². The van der Waals surface area contributed by atoms with E-state index >= 15 is 0 Å². The van der Waals surface area contributed by atoms with Crippen molar-refractivity contribution in [2.45, 2.75) is 49.1 Å². The summed E-state index contributed by atoms with van der Waals surface area (Å²) in [7, 11) is 0. The SMILES string of the molecule is CSc1cnc2nc(Cc3ccc4nc(NC5CCCCC5O)sc4c3)[nH]c2c1. The third-order valence-electron chi connectivity index (χ3n) is 5.46. The smallest absolute Gasteiger partial charge is 0.184 e. The Morgan fingerprint density at radius 3 is 3.00 bits per heavy atom. The normalized spacial score (nSPS) is 19.8. The number of nitrogens with zero attached hydrogens (tertiary/aromatic N) is 3. The van der Waals surface area contributed by atoms with E-state index < -0.39 is 0 Å². The summed E-state index contributed by atoms with van der Waals surface area (Å²) in [6.07, 6.45) is 8.50. The minimum Gasteiger partial charge on any atom is -0.391 e. The van der Waals surface area contributed by atoms with Gasteiger partial charge in [-0.3, -0.25) is 0 Å². The molecule has 1 aromatic carbocycles. The summed E-state index contributed by atoms with van der Waals surface area (Å²) < 4.78 is 1.15. The number of nitrogens with one attached hydrogen (secondary N) is 2. The van der Waals surface area contributed by atoms with Gasteiger partial charge in [0.15, 0.2) is 10.8 Å². The second-order valence-electron chi connectivity index (χ2n) is 7.53. The molecule has 0 radical (unpaired) electrons. The van der Waals surface area contributed by atoms with Crippen LogP contribution in [-0.4, -0.2) is 43.4 Å². The Bertz CT molecular complexity index is 1150. The summed E-state index contributed by atoms with van der Waals surface area (Å²) in [5, 5.41) is 14.5. The van der Waals surface area contributed by atoms with Gasteiger partial charge in [0.25, 0.3) is 0 Å². The van der Waals surface area contributed by atoms with E-state index in [1.807, 2.05) is 12.5 Å². The number of imidazole rings is 1. The van der Waals surface area contributed by atoms with Gasteiger partial charge in [-0.2, -0.15) is 0 Å². The molecule has 2 atom stereocenters. The number of aromatic amines is 1. The number of fused-ring (bicyclic) bond motifs is 2. The van der Waals surface area contributed by atoms with Gasteiger partial charge in [0.1, 0.15) is 5.82 Å². The lowest BCUT2D eigenvalue weighted by atomic mass is 9.93. The van der Waals surface area contributed by atoms with E-state index in [4.69, 9.17) is 4.98 Å². The second-order valence-corrected chi connectivity index (χ2v) is 9.44. The lowest BCUT2D eigenvalue weighted by Crippen LogP contribution is -2.36. The Morgan fingerprint density at radius 2 is 2.14 bits per heavy atom. The first-order valence-electron chi connectivity index (χ1n) is 9.90. The maximum atomic E-state index is 10.2. The molecular weight excluding hydrogens is 402 g/mol. The maximum absolute atomic E-state index is 10.2. The molecule has 3 N–H and O–H groups in total. The first kappa shape index (κ1) is 18.8. The zero-order valence-electron chi connectivity index (χ0n) is 16.2. The first-order valence-corrected chi connectivity index (χ1v) is 11.9. The van der Waals surface area contributed by atoms with Gasteiger partial charge in [0.05, 0.1) is 27.9 Å². The predicted octanol–water partition coefficient (Wildman–Crippen LogP) is 4.60. The van der Waals surface area contributed by atoms with Gasteiger partial charge >= 0.3 is 0 Å².